The molecule has 0 amide bonds. The molecule has 0 atom stereocenters. The van der Waals surface area contributed by atoms with Crippen LogP contribution in [0.1, 0.15) is 35.6 Å². The first-order valence-electron chi connectivity index (χ1n) is 5.50. The molecule has 2 heteroatoms. The van der Waals surface area contributed by atoms with Gasteiger partial charge in [0.1, 0.15) is 0 Å². The van der Waals surface area contributed by atoms with Gasteiger partial charge in [-0.3, -0.25) is 5.10 Å². The van der Waals surface area contributed by atoms with Gasteiger partial charge in [-0.25, -0.2) is 0 Å². The molecule has 1 aromatic carbocycles. The molecule has 76 valence electrons. The Labute approximate surface area is 89.3 Å². The quantitative estimate of drug-likeness (QED) is 0.807. The summed E-state index contributed by atoms with van der Waals surface area (Å²) in [5, 5.41) is 7.34. The third kappa shape index (κ3) is 1.80. The number of rotatable bonds is 3. The zero-order valence-corrected chi connectivity index (χ0v) is 8.61. The Morgan fingerprint density at radius 1 is 1.20 bits per heavy atom. The summed E-state index contributed by atoms with van der Waals surface area (Å²) in [4.78, 5) is 0. The van der Waals surface area contributed by atoms with Gasteiger partial charge in [0, 0.05) is 18.5 Å². The van der Waals surface area contributed by atoms with Gasteiger partial charge in [-0.15, -0.1) is 0 Å². The molecule has 1 fully saturated rings. The van der Waals surface area contributed by atoms with Gasteiger partial charge in [-0.2, -0.15) is 5.10 Å². The lowest BCUT2D eigenvalue weighted by molar-refractivity contribution is 0.951. The summed E-state index contributed by atoms with van der Waals surface area (Å²) in [6.07, 6.45) is 5.67. The Bertz CT molecular complexity index is 441. The Kier molecular flexibility index (Phi) is 2.05. The van der Waals surface area contributed by atoms with Crippen LogP contribution >= 0.6 is 0 Å². The maximum Gasteiger partial charge on any atom is 0.0688 e. The number of H-pyrrole nitrogens is 1. The van der Waals surface area contributed by atoms with Crippen molar-refractivity contribution in [2.75, 3.05) is 0 Å². The molecule has 3 rings (SSSR count). The smallest absolute Gasteiger partial charge is 0.0688 e. The molecule has 0 aliphatic heterocycles. The summed E-state index contributed by atoms with van der Waals surface area (Å²) in [7, 11) is 0. The van der Waals surface area contributed by atoms with Gasteiger partial charge in [0.25, 0.3) is 0 Å². The van der Waals surface area contributed by atoms with Gasteiger partial charge < -0.3 is 0 Å². The molecular weight excluding hydrogens is 184 g/mol. The predicted molar refractivity (Wildman–Crippen MR) is 59.8 cm³/mol. The third-order valence-corrected chi connectivity index (χ3v) is 2.95. The highest BCUT2D eigenvalue weighted by molar-refractivity contribution is 5.30. The second-order valence-electron chi connectivity index (χ2n) is 4.23. The number of nitrogens with one attached hydrogen (secondary N) is 1. The highest BCUT2D eigenvalue weighted by Crippen LogP contribution is 2.40. The van der Waals surface area contributed by atoms with Crippen LogP contribution in [0.5, 0.6) is 0 Å². The summed E-state index contributed by atoms with van der Waals surface area (Å²) in [5.41, 5.74) is 4.02. The first kappa shape index (κ1) is 8.72. The van der Waals surface area contributed by atoms with E-state index in [9.17, 15) is 0 Å². The minimum absolute atomic E-state index is 0.731. The number of hydrogen-bond donors (Lipinski definition) is 1. The zero-order valence-electron chi connectivity index (χ0n) is 8.61. The van der Waals surface area contributed by atoms with E-state index in [1.165, 1.54) is 29.7 Å². The summed E-state index contributed by atoms with van der Waals surface area (Å²) in [5.74, 6) is 0.731. The minimum atomic E-state index is 0.731. The van der Waals surface area contributed by atoms with E-state index >= 15 is 0 Å². The van der Waals surface area contributed by atoms with Crippen molar-refractivity contribution in [3.63, 3.8) is 0 Å². The van der Waals surface area contributed by atoms with E-state index in [0.29, 0.717) is 0 Å². The number of hydrogen-bond acceptors (Lipinski definition) is 1. The molecule has 0 radical (unpaired) electrons. The number of nitrogens with zero attached hydrogens (tertiary/aromatic N) is 1. The number of aromatic amines is 1. The van der Waals surface area contributed by atoms with Gasteiger partial charge in [-0.1, -0.05) is 30.3 Å². The molecular formula is C13H14N2. The van der Waals surface area contributed by atoms with Crippen LogP contribution in [0.25, 0.3) is 0 Å². The van der Waals surface area contributed by atoms with Crippen molar-refractivity contribution in [2.24, 2.45) is 0 Å². The molecule has 0 spiro atoms. The van der Waals surface area contributed by atoms with Gasteiger partial charge in [0.2, 0.25) is 0 Å². The summed E-state index contributed by atoms with van der Waals surface area (Å²) in [6.45, 7) is 0. The second kappa shape index (κ2) is 3.54. The molecule has 0 saturated heterocycles. The van der Waals surface area contributed by atoms with E-state index in [0.717, 1.165) is 12.3 Å². The average molecular weight is 198 g/mol. The lowest BCUT2D eigenvalue weighted by atomic mass is 10.0. The van der Waals surface area contributed by atoms with Crippen LogP contribution in [0.2, 0.25) is 0 Å². The van der Waals surface area contributed by atoms with Gasteiger partial charge in [0.15, 0.2) is 0 Å². The Morgan fingerprint density at radius 2 is 2.00 bits per heavy atom. The normalized spacial score (nSPS) is 15.5. The molecule has 0 unspecified atom stereocenters. The van der Waals surface area contributed by atoms with E-state index in [1.807, 2.05) is 6.20 Å². The topological polar surface area (TPSA) is 28.7 Å². The fourth-order valence-corrected chi connectivity index (χ4v) is 1.99. The van der Waals surface area contributed by atoms with Crippen molar-refractivity contribution in [1.29, 1.82) is 0 Å². The first-order valence-corrected chi connectivity index (χ1v) is 5.50. The maximum atomic E-state index is 4.35. The van der Waals surface area contributed by atoms with Crippen LogP contribution in [0.4, 0.5) is 0 Å². The molecule has 2 aromatic rings. The largest absolute Gasteiger partial charge is 0.285 e. The van der Waals surface area contributed by atoms with E-state index in [-0.39, 0.29) is 0 Å². The molecule has 1 N–H and O–H groups in total. The lowest BCUT2D eigenvalue weighted by Gasteiger charge is -2.00. The monoisotopic (exact) mass is 198 g/mol. The first-order chi connectivity index (χ1) is 7.43. The van der Waals surface area contributed by atoms with Crippen molar-refractivity contribution in [3.8, 4) is 0 Å². The van der Waals surface area contributed by atoms with Crippen molar-refractivity contribution in [3.05, 3.63) is 53.3 Å². The molecule has 15 heavy (non-hydrogen) atoms. The molecule has 1 saturated carbocycles. The van der Waals surface area contributed by atoms with E-state index in [4.69, 9.17) is 0 Å². The Balaban J connectivity index is 1.84. The van der Waals surface area contributed by atoms with Crippen LogP contribution in [0.3, 0.4) is 0 Å². The van der Waals surface area contributed by atoms with Crippen molar-refractivity contribution >= 4 is 0 Å². The highest BCUT2D eigenvalue weighted by Gasteiger charge is 2.28. The predicted octanol–water partition coefficient (Wildman–Crippen LogP) is 2.88. The highest BCUT2D eigenvalue weighted by atomic mass is 15.1. The molecule has 1 aromatic heterocycles. The Morgan fingerprint density at radius 3 is 2.73 bits per heavy atom. The average Bonchev–Trinajstić information content (AvgIpc) is 3.02. The number of aromatic nitrogens is 2. The van der Waals surface area contributed by atoms with E-state index in [2.05, 4.69) is 40.5 Å². The molecule has 1 heterocycles. The zero-order chi connectivity index (χ0) is 10.1. The summed E-state index contributed by atoms with van der Waals surface area (Å²) in [6, 6.07) is 10.6. The van der Waals surface area contributed by atoms with E-state index < -0.39 is 0 Å². The second-order valence-corrected chi connectivity index (χ2v) is 4.23. The molecule has 1 aliphatic rings. The van der Waals surface area contributed by atoms with Crippen LogP contribution < -0.4 is 0 Å². The fourth-order valence-electron chi connectivity index (χ4n) is 1.99. The number of benzene rings is 1. The Hall–Kier alpha value is -1.57. The minimum Gasteiger partial charge on any atom is -0.285 e. The van der Waals surface area contributed by atoms with Gasteiger partial charge in [0.05, 0.1) is 5.69 Å². The third-order valence-electron chi connectivity index (χ3n) is 2.95. The summed E-state index contributed by atoms with van der Waals surface area (Å²) >= 11 is 0. The molecule has 2 nitrogen and oxygen atoms in total. The molecule has 1 aliphatic carbocycles. The van der Waals surface area contributed by atoms with Crippen molar-refractivity contribution in [1.82, 2.24) is 10.2 Å². The van der Waals surface area contributed by atoms with Crippen LogP contribution in [0, 0.1) is 0 Å². The maximum absolute atomic E-state index is 4.35. The van der Waals surface area contributed by atoms with Crippen LogP contribution in [0.15, 0.2) is 36.5 Å². The van der Waals surface area contributed by atoms with E-state index in [1.54, 1.807) is 0 Å². The van der Waals surface area contributed by atoms with Gasteiger partial charge >= 0.3 is 0 Å². The van der Waals surface area contributed by atoms with Crippen molar-refractivity contribution in [2.45, 2.75) is 25.2 Å². The van der Waals surface area contributed by atoms with Crippen molar-refractivity contribution < 1.29 is 0 Å². The summed E-state index contributed by atoms with van der Waals surface area (Å²) < 4.78 is 0. The standard InChI is InChI=1S/C13H14N2/c1-2-4-10(5-3-1)8-12-9-14-15-13(12)11-6-7-11/h1-5,9,11H,6-8H2,(H,14,15). The van der Waals surface area contributed by atoms with Gasteiger partial charge in [-0.05, 0) is 24.0 Å². The van der Waals surface area contributed by atoms with Crippen LogP contribution in [-0.2, 0) is 6.42 Å². The lowest BCUT2D eigenvalue weighted by Crippen LogP contribution is -1.91. The van der Waals surface area contributed by atoms with Crippen LogP contribution in [-0.4, -0.2) is 10.2 Å². The SMILES string of the molecule is c1ccc(Cc2c[nH]nc2C2CC2)cc1. The molecule has 0 bridgehead atoms. The fraction of sp³-hybridized carbons (Fsp3) is 0.308.